The Morgan fingerprint density at radius 1 is 1.10 bits per heavy atom. The number of nitrogens with zero attached hydrogens (tertiary/aromatic N) is 3. The molecule has 0 bridgehead atoms. The van der Waals surface area contributed by atoms with Crippen LogP contribution < -0.4 is 10.6 Å². The van der Waals surface area contributed by atoms with Gasteiger partial charge < -0.3 is 15.5 Å². The molecule has 0 aliphatic rings. The second kappa shape index (κ2) is 6.81. The minimum absolute atomic E-state index is 0.260. The SMILES string of the molecule is CN(C)CCNc1cc(Nc2ccc(F)cc2)ncn1. The van der Waals surface area contributed by atoms with E-state index in [0.29, 0.717) is 5.82 Å². The predicted octanol–water partition coefficient (Wildman–Crippen LogP) is 2.33. The highest BCUT2D eigenvalue weighted by atomic mass is 19.1. The molecule has 1 heterocycles. The normalized spacial score (nSPS) is 10.6. The quantitative estimate of drug-likeness (QED) is 0.847. The van der Waals surface area contributed by atoms with E-state index in [9.17, 15) is 4.39 Å². The van der Waals surface area contributed by atoms with Crippen molar-refractivity contribution in [2.75, 3.05) is 37.8 Å². The summed E-state index contributed by atoms with van der Waals surface area (Å²) in [4.78, 5) is 10.4. The monoisotopic (exact) mass is 275 g/mol. The van der Waals surface area contributed by atoms with Gasteiger partial charge in [0.2, 0.25) is 0 Å². The minimum Gasteiger partial charge on any atom is -0.369 e. The molecule has 5 nitrogen and oxygen atoms in total. The van der Waals surface area contributed by atoms with Crippen molar-refractivity contribution in [3.63, 3.8) is 0 Å². The van der Waals surface area contributed by atoms with Gasteiger partial charge in [-0.1, -0.05) is 0 Å². The van der Waals surface area contributed by atoms with Gasteiger partial charge in [0.15, 0.2) is 0 Å². The van der Waals surface area contributed by atoms with Gasteiger partial charge in [-0.2, -0.15) is 0 Å². The van der Waals surface area contributed by atoms with Gasteiger partial charge in [0, 0.05) is 24.8 Å². The lowest BCUT2D eigenvalue weighted by molar-refractivity contribution is 0.425. The van der Waals surface area contributed by atoms with E-state index in [1.165, 1.54) is 18.5 Å². The summed E-state index contributed by atoms with van der Waals surface area (Å²) in [5, 5.41) is 6.32. The van der Waals surface area contributed by atoms with Crippen LogP contribution >= 0.6 is 0 Å². The Hall–Kier alpha value is -2.21. The highest BCUT2D eigenvalue weighted by Gasteiger charge is 2.00. The van der Waals surface area contributed by atoms with Crippen molar-refractivity contribution in [1.82, 2.24) is 14.9 Å². The molecule has 0 aliphatic carbocycles. The standard InChI is InChI=1S/C14H18FN5/c1-20(2)8-7-16-13-9-14(18-10-17-13)19-12-5-3-11(15)4-6-12/h3-6,9-10H,7-8H2,1-2H3,(H2,16,17,18,19). The highest BCUT2D eigenvalue weighted by Crippen LogP contribution is 2.16. The first-order chi connectivity index (χ1) is 9.63. The zero-order chi connectivity index (χ0) is 14.4. The molecular formula is C14H18FN5. The number of hydrogen-bond acceptors (Lipinski definition) is 5. The van der Waals surface area contributed by atoms with Crippen LogP contribution in [0.5, 0.6) is 0 Å². The lowest BCUT2D eigenvalue weighted by Gasteiger charge is -2.11. The molecule has 2 aromatic rings. The smallest absolute Gasteiger partial charge is 0.135 e. The molecule has 0 spiro atoms. The van der Waals surface area contributed by atoms with Crippen molar-refractivity contribution < 1.29 is 4.39 Å². The van der Waals surface area contributed by atoms with E-state index in [1.807, 2.05) is 20.2 Å². The lowest BCUT2D eigenvalue weighted by atomic mass is 10.3. The van der Waals surface area contributed by atoms with Crippen molar-refractivity contribution >= 4 is 17.3 Å². The van der Waals surface area contributed by atoms with Crippen LogP contribution in [0.4, 0.5) is 21.7 Å². The maximum Gasteiger partial charge on any atom is 0.135 e. The van der Waals surface area contributed by atoms with E-state index in [0.717, 1.165) is 24.6 Å². The first-order valence-electron chi connectivity index (χ1n) is 6.37. The number of halogens is 1. The van der Waals surface area contributed by atoms with Crippen LogP contribution in [0.2, 0.25) is 0 Å². The number of hydrogen-bond donors (Lipinski definition) is 2. The molecule has 2 N–H and O–H groups in total. The Morgan fingerprint density at radius 2 is 1.80 bits per heavy atom. The van der Waals surface area contributed by atoms with Gasteiger partial charge in [-0.15, -0.1) is 0 Å². The van der Waals surface area contributed by atoms with Crippen LogP contribution in [-0.2, 0) is 0 Å². The molecule has 20 heavy (non-hydrogen) atoms. The van der Waals surface area contributed by atoms with E-state index in [-0.39, 0.29) is 5.82 Å². The first-order valence-corrected chi connectivity index (χ1v) is 6.37. The summed E-state index contributed by atoms with van der Waals surface area (Å²) in [6, 6.07) is 7.95. The summed E-state index contributed by atoms with van der Waals surface area (Å²) in [5.74, 6) is 1.16. The zero-order valence-electron chi connectivity index (χ0n) is 11.6. The molecular weight excluding hydrogens is 257 g/mol. The number of anilines is 3. The van der Waals surface area contributed by atoms with Gasteiger partial charge in [-0.3, -0.25) is 0 Å². The molecule has 6 heteroatoms. The highest BCUT2D eigenvalue weighted by molar-refractivity contribution is 5.58. The Bertz CT molecular complexity index is 542. The number of nitrogens with one attached hydrogen (secondary N) is 2. The summed E-state index contributed by atoms with van der Waals surface area (Å²) in [7, 11) is 4.03. The first kappa shape index (κ1) is 14.2. The fraction of sp³-hybridized carbons (Fsp3) is 0.286. The van der Waals surface area contributed by atoms with Gasteiger partial charge in [-0.25, -0.2) is 14.4 Å². The molecule has 0 fully saturated rings. The third kappa shape index (κ3) is 4.47. The molecule has 0 radical (unpaired) electrons. The number of rotatable bonds is 6. The van der Waals surface area contributed by atoms with E-state index < -0.39 is 0 Å². The molecule has 1 aromatic carbocycles. The van der Waals surface area contributed by atoms with Crippen molar-refractivity contribution in [3.8, 4) is 0 Å². The Kier molecular flexibility index (Phi) is 4.84. The zero-order valence-corrected chi connectivity index (χ0v) is 11.6. The van der Waals surface area contributed by atoms with Crippen molar-refractivity contribution in [1.29, 1.82) is 0 Å². The molecule has 0 amide bonds. The van der Waals surface area contributed by atoms with Crippen LogP contribution in [0.1, 0.15) is 0 Å². The molecule has 0 atom stereocenters. The maximum atomic E-state index is 12.8. The van der Waals surface area contributed by atoms with Crippen molar-refractivity contribution in [3.05, 3.63) is 42.5 Å². The summed E-state index contributed by atoms with van der Waals surface area (Å²) in [6.45, 7) is 1.73. The number of likely N-dealkylation sites (N-methyl/N-ethyl adjacent to an activating group) is 1. The fourth-order valence-electron chi connectivity index (χ4n) is 1.61. The van der Waals surface area contributed by atoms with E-state index in [1.54, 1.807) is 12.1 Å². The van der Waals surface area contributed by atoms with Crippen LogP contribution in [0, 0.1) is 5.82 Å². The lowest BCUT2D eigenvalue weighted by Crippen LogP contribution is -2.21. The summed E-state index contributed by atoms with van der Waals surface area (Å²) in [5.41, 5.74) is 0.782. The van der Waals surface area contributed by atoms with Gasteiger partial charge >= 0.3 is 0 Å². The third-order valence-electron chi connectivity index (χ3n) is 2.65. The van der Waals surface area contributed by atoms with Crippen molar-refractivity contribution in [2.24, 2.45) is 0 Å². The third-order valence-corrected chi connectivity index (χ3v) is 2.65. The van der Waals surface area contributed by atoms with Crippen LogP contribution in [0.25, 0.3) is 0 Å². The summed E-state index contributed by atoms with van der Waals surface area (Å²) >= 11 is 0. The minimum atomic E-state index is -0.260. The number of aromatic nitrogens is 2. The molecule has 0 saturated heterocycles. The van der Waals surface area contributed by atoms with Crippen LogP contribution in [0.15, 0.2) is 36.7 Å². The summed E-state index contributed by atoms with van der Waals surface area (Å²) < 4.78 is 12.8. The predicted molar refractivity (Wildman–Crippen MR) is 78.8 cm³/mol. The number of benzene rings is 1. The van der Waals surface area contributed by atoms with E-state index in [2.05, 4.69) is 25.5 Å². The van der Waals surface area contributed by atoms with Crippen LogP contribution in [-0.4, -0.2) is 42.1 Å². The summed E-state index contributed by atoms with van der Waals surface area (Å²) in [6.07, 6.45) is 1.49. The Labute approximate surface area is 117 Å². The van der Waals surface area contributed by atoms with Crippen LogP contribution in [0.3, 0.4) is 0 Å². The van der Waals surface area contributed by atoms with E-state index >= 15 is 0 Å². The molecule has 0 unspecified atom stereocenters. The van der Waals surface area contributed by atoms with Gasteiger partial charge in [0.25, 0.3) is 0 Å². The Balaban J connectivity index is 1.96. The van der Waals surface area contributed by atoms with Gasteiger partial charge in [-0.05, 0) is 38.4 Å². The topological polar surface area (TPSA) is 53.1 Å². The molecule has 2 rings (SSSR count). The average molecular weight is 275 g/mol. The molecule has 0 saturated carbocycles. The second-order valence-corrected chi connectivity index (χ2v) is 4.65. The molecule has 106 valence electrons. The maximum absolute atomic E-state index is 12.8. The van der Waals surface area contributed by atoms with E-state index in [4.69, 9.17) is 0 Å². The average Bonchev–Trinajstić information content (AvgIpc) is 2.41. The fourth-order valence-corrected chi connectivity index (χ4v) is 1.61. The van der Waals surface area contributed by atoms with Gasteiger partial charge in [0.05, 0.1) is 0 Å². The van der Waals surface area contributed by atoms with Crippen molar-refractivity contribution in [2.45, 2.75) is 0 Å². The molecule has 1 aromatic heterocycles. The second-order valence-electron chi connectivity index (χ2n) is 4.65. The largest absolute Gasteiger partial charge is 0.369 e. The molecule has 0 aliphatic heterocycles. The van der Waals surface area contributed by atoms with Gasteiger partial charge in [0.1, 0.15) is 23.8 Å². The Morgan fingerprint density at radius 3 is 2.50 bits per heavy atom.